The quantitative estimate of drug-likeness (QED) is 0.737. The van der Waals surface area contributed by atoms with Gasteiger partial charge >= 0.3 is 6.09 Å². The number of carbonyl (C=O) groups excluding carboxylic acids is 2. The van der Waals surface area contributed by atoms with Crippen LogP contribution in [-0.4, -0.2) is 29.5 Å². The molecule has 0 radical (unpaired) electrons. The normalized spacial score (nSPS) is 18.5. The van der Waals surface area contributed by atoms with Crippen molar-refractivity contribution in [1.82, 2.24) is 4.90 Å². The first-order valence-electron chi connectivity index (χ1n) is 10.1. The number of rotatable bonds is 7. The molecule has 6 nitrogen and oxygen atoms in total. The fourth-order valence-electron chi connectivity index (χ4n) is 3.55. The van der Waals surface area contributed by atoms with Crippen molar-refractivity contribution in [2.24, 2.45) is 11.7 Å². The van der Waals surface area contributed by atoms with Gasteiger partial charge in [-0.25, -0.2) is 9.18 Å². The summed E-state index contributed by atoms with van der Waals surface area (Å²) < 4.78 is 24.8. The van der Waals surface area contributed by atoms with Gasteiger partial charge in [0, 0.05) is 5.56 Å². The van der Waals surface area contributed by atoms with Crippen LogP contribution in [-0.2, 0) is 16.1 Å². The molecule has 2 unspecified atom stereocenters. The van der Waals surface area contributed by atoms with E-state index in [9.17, 15) is 14.0 Å². The van der Waals surface area contributed by atoms with Crippen LogP contribution in [0.15, 0.2) is 48.5 Å². The highest BCUT2D eigenvalue weighted by atomic mass is 19.1. The van der Waals surface area contributed by atoms with Crippen LogP contribution in [0, 0.1) is 11.7 Å². The molecule has 160 valence electrons. The lowest BCUT2D eigenvalue weighted by molar-refractivity contribution is -0.122. The smallest absolute Gasteiger partial charge is 0.410 e. The molecule has 1 aliphatic rings. The first-order chi connectivity index (χ1) is 14.4. The van der Waals surface area contributed by atoms with E-state index in [1.54, 1.807) is 30.3 Å². The number of amides is 2. The van der Waals surface area contributed by atoms with E-state index in [1.807, 2.05) is 26.0 Å². The molecule has 2 N–H and O–H groups in total. The molecule has 2 atom stereocenters. The van der Waals surface area contributed by atoms with E-state index in [0.29, 0.717) is 24.2 Å². The van der Waals surface area contributed by atoms with E-state index < -0.39 is 18.0 Å². The van der Waals surface area contributed by atoms with Crippen LogP contribution in [0.5, 0.6) is 5.75 Å². The molecule has 0 aliphatic carbocycles. The van der Waals surface area contributed by atoms with E-state index in [2.05, 4.69) is 0 Å². The Kier molecular flexibility index (Phi) is 6.92. The van der Waals surface area contributed by atoms with Crippen molar-refractivity contribution >= 4 is 12.0 Å². The number of nitrogens with two attached hydrogens (primary N) is 1. The Hall–Kier alpha value is -3.09. The van der Waals surface area contributed by atoms with Gasteiger partial charge in [-0.1, -0.05) is 44.2 Å². The summed E-state index contributed by atoms with van der Waals surface area (Å²) in [5.41, 5.74) is 6.85. The average molecular weight is 414 g/mol. The SMILES string of the molecule is CC(C)COC(=O)N1C(C(N)=O)CCC1c1ccc(OCc2ccccc2F)cc1. The third kappa shape index (κ3) is 5.09. The Balaban J connectivity index is 1.70. The molecule has 1 fully saturated rings. The van der Waals surface area contributed by atoms with Gasteiger partial charge in [0.2, 0.25) is 5.91 Å². The highest BCUT2D eigenvalue weighted by Crippen LogP contribution is 2.37. The van der Waals surface area contributed by atoms with Crippen molar-refractivity contribution < 1.29 is 23.5 Å². The van der Waals surface area contributed by atoms with Crippen LogP contribution < -0.4 is 10.5 Å². The van der Waals surface area contributed by atoms with E-state index in [-0.39, 0.29) is 31.0 Å². The lowest BCUT2D eigenvalue weighted by atomic mass is 10.0. The summed E-state index contributed by atoms with van der Waals surface area (Å²) >= 11 is 0. The van der Waals surface area contributed by atoms with Gasteiger partial charge in [-0.15, -0.1) is 0 Å². The number of hydrogen-bond donors (Lipinski definition) is 1. The Bertz CT molecular complexity index is 885. The first kappa shape index (κ1) is 21.6. The van der Waals surface area contributed by atoms with Gasteiger partial charge in [0.15, 0.2) is 0 Å². The summed E-state index contributed by atoms with van der Waals surface area (Å²) in [6, 6.07) is 12.7. The van der Waals surface area contributed by atoms with Crippen LogP contribution in [0.25, 0.3) is 0 Å². The summed E-state index contributed by atoms with van der Waals surface area (Å²) in [7, 11) is 0. The van der Waals surface area contributed by atoms with Crippen LogP contribution >= 0.6 is 0 Å². The predicted octanol–water partition coefficient (Wildman–Crippen LogP) is 4.19. The standard InChI is InChI=1S/C23H27FN2O4/c1-15(2)13-30-23(28)26-20(11-12-21(26)22(25)27)16-7-9-18(10-8-16)29-14-17-5-3-4-6-19(17)24/h3-10,15,20-21H,11-14H2,1-2H3,(H2,25,27). The van der Waals surface area contributed by atoms with Gasteiger partial charge in [-0.3, -0.25) is 9.69 Å². The minimum Gasteiger partial charge on any atom is -0.489 e. The first-order valence-corrected chi connectivity index (χ1v) is 10.1. The number of primary amides is 1. The summed E-state index contributed by atoms with van der Waals surface area (Å²) in [5, 5.41) is 0. The summed E-state index contributed by atoms with van der Waals surface area (Å²) in [6.07, 6.45) is 0.567. The fraction of sp³-hybridized carbons (Fsp3) is 0.391. The van der Waals surface area contributed by atoms with E-state index in [1.165, 1.54) is 11.0 Å². The van der Waals surface area contributed by atoms with E-state index in [4.69, 9.17) is 15.2 Å². The molecule has 0 aromatic heterocycles. The maximum Gasteiger partial charge on any atom is 0.410 e. The monoisotopic (exact) mass is 414 g/mol. The van der Waals surface area contributed by atoms with E-state index >= 15 is 0 Å². The molecular weight excluding hydrogens is 387 g/mol. The minimum atomic E-state index is -0.688. The second-order valence-corrected chi connectivity index (χ2v) is 7.84. The van der Waals surface area contributed by atoms with Gasteiger partial charge in [0.05, 0.1) is 12.6 Å². The maximum absolute atomic E-state index is 13.7. The highest BCUT2D eigenvalue weighted by molar-refractivity contribution is 5.85. The predicted molar refractivity (Wildman–Crippen MR) is 110 cm³/mol. The summed E-state index contributed by atoms with van der Waals surface area (Å²) in [5.74, 6) is -0.0785. The third-order valence-electron chi connectivity index (χ3n) is 5.08. The highest BCUT2D eigenvalue weighted by Gasteiger charge is 2.41. The number of hydrogen-bond acceptors (Lipinski definition) is 4. The molecule has 0 saturated carbocycles. The minimum absolute atomic E-state index is 0.118. The van der Waals surface area contributed by atoms with Crippen molar-refractivity contribution in [2.45, 2.75) is 45.4 Å². The zero-order chi connectivity index (χ0) is 21.7. The van der Waals surface area contributed by atoms with Gasteiger partial charge in [-0.2, -0.15) is 0 Å². The largest absolute Gasteiger partial charge is 0.489 e. The Morgan fingerprint density at radius 1 is 1.13 bits per heavy atom. The van der Waals surface area contributed by atoms with Gasteiger partial charge in [0.25, 0.3) is 0 Å². The van der Waals surface area contributed by atoms with Crippen LogP contribution in [0.2, 0.25) is 0 Å². The van der Waals surface area contributed by atoms with Crippen molar-refractivity contribution in [3.05, 3.63) is 65.5 Å². The average Bonchev–Trinajstić information content (AvgIpc) is 3.17. The Morgan fingerprint density at radius 3 is 2.47 bits per heavy atom. The molecule has 0 bridgehead atoms. The molecule has 2 amide bonds. The maximum atomic E-state index is 13.7. The Labute approximate surface area is 175 Å². The van der Waals surface area contributed by atoms with Gasteiger partial charge in [-0.05, 0) is 42.5 Å². The van der Waals surface area contributed by atoms with Gasteiger partial charge in [0.1, 0.15) is 24.2 Å². The van der Waals surface area contributed by atoms with Crippen molar-refractivity contribution in [3.63, 3.8) is 0 Å². The number of nitrogens with zero attached hydrogens (tertiary/aromatic N) is 1. The number of likely N-dealkylation sites (tertiary alicyclic amines) is 1. The molecular formula is C23H27FN2O4. The second kappa shape index (κ2) is 9.61. The zero-order valence-corrected chi connectivity index (χ0v) is 17.2. The molecule has 1 aliphatic heterocycles. The lowest BCUT2D eigenvalue weighted by Crippen LogP contribution is -2.45. The molecule has 7 heteroatoms. The molecule has 1 heterocycles. The van der Waals surface area contributed by atoms with Crippen LogP contribution in [0.4, 0.5) is 9.18 Å². The van der Waals surface area contributed by atoms with E-state index in [0.717, 1.165) is 5.56 Å². The number of halogens is 1. The fourth-order valence-corrected chi connectivity index (χ4v) is 3.55. The molecule has 30 heavy (non-hydrogen) atoms. The van der Waals surface area contributed by atoms with Crippen molar-refractivity contribution in [2.75, 3.05) is 6.61 Å². The van der Waals surface area contributed by atoms with Crippen molar-refractivity contribution in [3.8, 4) is 5.75 Å². The molecule has 0 spiro atoms. The topological polar surface area (TPSA) is 81.9 Å². The molecule has 2 aromatic rings. The zero-order valence-electron chi connectivity index (χ0n) is 17.2. The van der Waals surface area contributed by atoms with Crippen LogP contribution in [0.1, 0.15) is 43.9 Å². The number of ether oxygens (including phenoxy) is 2. The number of benzene rings is 2. The number of carbonyl (C=O) groups is 2. The summed E-state index contributed by atoms with van der Waals surface area (Å²) in [6.45, 7) is 4.28. The summed E-state index contributed by atoms with van der Waals surface area (Å²) in [4.78, 5) is 25.9. The second-order valence-electron chi connectivity index (χ2n) is 7.84. The molecule has 3 rings (SSSR count). The van der Waals surface area contributed by atoms with Crippen molar-refractivity contribution in [1.29, 1.82) is 0 Å². The van der Waals surface area contributed by atoms with Gasteiger partial charge < -0.3 is 15.2 Å². The third-order valence-corrected chi connectivity index (χ3v) is 5.08. The lowest BCUT2D eigenvalue weighted by Gasteiger charge is -2.28. The van der Waals surface area contributed by atoms with Crippen LogP contribution in [0.3, 0.4) is 0 Å². The molecule has 1 saturated heterocycles. The molecule has 2 aromatic carbocycles. The Morgan fingerprint density at radius 2 is 1.83 bits per heavy atom.